The van der Waals surface area contributed by atoms with Crippen molar-refractivity contribution in [1.29, 1.82) is 0 Å². The lowest BCUT2D eigenvalue weighted by atomic mass is 10.1. The Morgan fingerprint density at radius 3 is 2.73 bits per heavy atom. The van der Waals surface area contributed by atoms with E-state index in [2.05, 4.69) is 15.3 Å². The number of aromatic nitrogens is 2. The molecule has 0 saturated heterocycles. The maximum Gasteiger partial charge on any atom is 0.227 e. The molecule has 3 rings (SSSR count). The predicted octanol–water partition coefficient (Wildman–Crippen LogP) is 3.82. The number of hydrogen-bond acceptors (Lipinski definition) is 6. The molecule has 0 bridgehead atoms. The van der Waals surface area contributed by atoms with Gasteiger partial charge < -0.3 is 15.3 Å². The molecule has 5 nitrogen and oxygen atoms in total. The van der Waals surface area contributed by atoms with Gasteiger partial charge in [0.2, 0.25) is 11.8 Å². The van der Waals surface area contributed by atoms with Gasteiger partial charge in [-0.25, -0.2) is 9.97 Å². The van der Waals surface area contributed by atoms with Crippen LogP contribution in [0.2, 0.25) is 0 Å². The number of aryl methyl sites for hydroxylation is 2. The molecule has 1 aliphatic rings. The van der Waals surface area contributed by atoms with Crippen LogP contribution in [0.25, 0.3) is 4.91 Å². The molecule has 2 heterocycles. The number of thioether (sulfide) groups is 1. The van der Waals surface area contributed by atoms with Crippen LogP contribution in [0.15, 0.2) is 36.3 Å². The van der Waals surface area contributed by atoms with Gasteiger partial charge in [0.1, 0.15) is 5.88 Å². The smallest absolute Gasteiger partial charge is 0.227 e. The van der Waals surface area contributed by atoms with Crippen LogP contribution in [0.3, 0.4) is 0 Å². The van der Waals surface area contributed by atoms with Gasteiger partial charge in [-0.1, -0.05) is 17.8 Å². The minimum Gasteiger partial charge on any atom is -0.494 e. The first-order chi connectivity index (χ1) is 10.5. The number of anilines is 2. The fourth-order valence-electron chi connectivity index (χ4n) is 2.22. The van der Waals surface area contributed by atoms with Crippen LogP contribution < -0.4 is 5.32 Å². The van der Waals surface area contributed by atoms with E-state index < -0.39 is 0 Å². The summed E-state index contributed by atoms with van der Waals surface area (Å²) < 4.78 is 0. The van der Waals surface area contributed by atoms with E-state index in [1.54, 1.807) is 11.1 Å². The van der Waals surface area contributed by atoms with Crippen LogP contribution >= 0.6 is 11.8 Å². The van der Waals surface area contributed by atoms with E-state index in [9.17, 15) is 5.11 Å². The third-order valence-electron chi connectivity index (χ3n) is 3.26. The first-order valence-electron chi connectivity index (χ1n) is 6.88. The van der Waals surface area contributed by atoms with Crippen LogP contribution in [0, 0.1) is 19.7 Å². The minimum atomic E-state index is 0.272. The third-order valence-corrected chi connectivity index (χ3v) is 4.33. The number of aliphatic hydroxyl groups excluding tert-OH is 1. The summed E-state index contributed by atoms with van der Waals surface area (Å²) in [6.45, 7) is 3.95. The molecule has 6 heteroatoms. The fraction of sp³-hybridized carbons (Fsp3) is 0.188. The number of aliphatic hydroxyl groups is 1. The Morgan fingerprint density at radius 2 is 2.05 bits per heavy atom. The SMILES string of the molecule is Cc1cc(Nc2nccc(C)n2)cc(C2=C(O)N(C)[CH]S2)c1. The average Bonchev–Trinajstić information content (AvgIpc) is 2.78. The van der Waals surface area contributed by atoms with Gasteiger partial charge in [0.15, 0.2) is 0 Å². The molecule has 1 radical (unpaired) electrons. The van der Waals surface area contributed by atoms with Crippen LogP contribution in [-0.2, 0) is 0 Å². The molecular formula is C16H17N4OS. The van der Waals surface area contributed by atoms with E-state index in [0.717, 1.165) is 27.4 Å². The number of nitrogens with zero attached hydrogens (tertiary/aromatic N) is 3. The molecule has 0 amide bonds. The number of rotatable bonds is 3. The molecule has 1 aromatic carbocycles. The number of nitrogens with one attached hydrogen (secondary N) is 1. The van der Waals surface area contributed by atoms with Gasteiger partial charge in [-0.2, -0.15) is 0 Å². The topological polar surface area (TPSA) is 61.3 Å². The highest BCUT2D eigenvalue weighted by atomic mass is 32.2. The second-order valence-corrected chi connectivity index (χ2v) is 6.08. The highest BCUT2D eigenvalue weighted by Gasteiger charge is 2.22. The third kappa shape index (κ3) is 3.01. The lowest BCUT2D eigenvalue weighted by Gasteiger charge is -2.10. The number of benzene rings is 1. The summed E-state index contributed by atoms with van der Waals surface area (Å²) in [5.74, 6) is 2.72. The first kappa shape index (κ1) is 14.7. The monoisotopic (exact) mass is 313 g/mol. The Morgan fingerprint density at radius 1 is 1.23 bits per heavy atom. The molecule has 2 N–H and O–H groups in total. The summed E-state index contributed by atoms with van der Waals surface area (Å²) in [7, 11) is 1.82. The summed E-state index contributed by atoms with van der Waals surface area (Å²) in [5.41, 5.74) is 3.88. The van der Waals surface area contributed by atoms with E-state index in [-0.39, 0.29) is 5.88 Å². The molecule has 2 aromatic rings. The summed E-state index contributed by atoms with van der Waals surface area (Å²) in [6, 6.07) is 7.93. The van der Waals surface area contributed by atoms with Gasteiger partial charge in [-0.05, 0) is 43.2 Å². The Balaban J connectivity index is 1.94. The molecule has 0 saturated carbocycles. The lowest BCUT2D eigenvalue weighted by molar-refractivity contribution is 0.285. The molecule has 1 aromatic heterocycles. The second-order valence-electron chi connectivity index (χ2n) is 5.22. The van der Waals surface area contributed by atoms with Gasteiger partial charge in [0, 0.05) is 24.6 Å². The summed E-state index contributed by atoms with van der Waals surface area (Å²) in [4.78, 5) is 11.1. The normalized spacial score (nSPS) is 14.6. The van der Waals surface area contributed by atoms with Crippen molar-refractivity contribution in [2.45, 2.75) is 13.8 Å². The molecule has 1 aliphatic heterocycles. The molecule has 0 aliphatic carbocycles. The molecule has 22 heavy (non-hydrogen) atoms. The van der Waals surface area contributed by atoms with E-state index in [1.807, 2.05) is 51.0 Å². The molecule has 113 valence electrons. The van der Waals surface area contributed by atoms with Crippen molar-refractivity contribution in [1.82, 2.24) is 14.9 Å². The lowest BCUT2D eigenvalue weighted by Crippen LogP contribution is -2.07. The van der Waals surface area contributed by atoms with Crippen LogP contribution in [0.5, 0.6) is 0 Å². The Kier molecular flexibility index (Phi) is 3.94. The van der Waals surface area contributed by atoms with Gasteiger partial charge in [-0.3, -0.25) is 0 Å². The summed E-state index contributed by atoms with van der Waals surface area (Å²) >= 11 is 1.51. The van der Waals surface area contributed by atoms with E-state index in [0.29, 0.717) is 5.95 Å². The largest absolute Gasteiger partial charge is 0.494 e. The Labute approximate surface area is 134 Å². The highest BCUT2D eigenvalue weighted by Crippen LogP contribution is 2.41. The van der Waals surface area contributed by atoms with Gasteiger partial charge in [0.05, 0.1) is 4.91 Å². The Bertz CT molecular complexity index is 745. The van der Waals surface area contributed by atoms with Crippen molar-refractivity contribution in [2.24, 2.45) is 0 Å². The molecule has 0 atom stereocenters. The van der Waals surface area contributed by atoms with Crippen LogP contribution in [-0.4, -0.2) is 27.0 Å². The van der Waals surface area contributed by atoms with Crippen molar-refractivity contribution in [3.8, 4) is 0 Å². The molecule has 0 fully saturated rings. The van der Waals surface area contributed by atoms with Crippen LogP contribution in [0.1, 0.15) is 16.8 Å². The maximum atomic E-state index is 10.1. The van der Waals surface area contributed by atoms with Gasteiger partial charge in [0.25, 0.3) is 0 Å². The molecule has 0 unspecified atom stereocenters. The van der Waals surface area contributed by atoms with E-state index in [4.69, 9.17) is 0 Å². The average molecular weight is 313 g/mol. The van der Waals surface area contributed by atoms with Gasteiger partial charge in [-0.15, -0.1) is 0 Å². The highest BCUT2D eigenvalue weighted by molar-refractivity contribution is 8.10. The second kappa shape index (κ2) is 5.88. The summed E-state index contributed by atoms with van der Waals surface area (Å²) in [6.07, 6.45) is 1.73. The zero-order chi connectivity index (χ0) is 15.7. The standard InChI is InChI=1S/C16H17N4OS/c1-10-6-12(14-15(21)20(3)9-22-14)8-13(7-10)19-16-17-5-4-11(2)18-16/h4-9,21H,1-3H3,(H,17,18,19). The van der Waals surface area contributed by atoms with Crippen molar-refractivity contribution in [3.63, 3.8) is 0 Å². The quantitative estimate of drug-likeness (QED) is 0.898. The predicted molar refractivity (Wildman–Crippen MR) is 90.4 cm³/mol. The molecular weight excluding hydrogens is 296 g/mol. The molecule has 0 spiro atoms. The van der Waals surface area contributed by atoms with E-state index >= 15 is 0 Å². The Hall–Kier alpha value is -2.21. The number of hydrogen-bond donors (Lipinski definition) is 2. The zero-order valence-electron chi connectivity index (χ0n) is 12.7. The van der Waals surface area contributed by atoms with Crippen LogP contribution in [0.4, 0.5) is 11.6 Å². The van der Waals surface area contributed by atoms with Crippen molar-refractivity contribution in [2.75, 3.05) is 12.4 Å². The van der Waals surface area contributed by atoms with E-state index in [1.165, 1.54) is 11.8 Å². The first-order valence-corrected chi connectivity index (χ1v) is 7.76. The fourth-order valence-corrected chi connectivity index (χ4v) is 3.08. The minimum absolute atomic E-state index is 0.272. The van der Waals surface area contributed by atoms with Crippen molar-refractivity contribution in [3.05, 3.63) is 59.0 Å². The van der Waals surface area contributed by atoms with Crippen molar-refractivity contribution >= 4 is 28.3 Å². The van der Waals surface area contributed by atoms with Crippen molar-refractivity contribution < 1.29 is 5.11 Å². The van der Waals surface area contributed by atoms with Gasteiger partial charge >= 0.3 is 0 Å². The summed E-state index contributed by atoms with van der Waals surface area (Å²) in [5, 5.41) is 13.3. The maximum absolute atomic E-state index is 10.1. The zero-order valence-corrected chi connectivity index (χ0v) is 13.5.